The van der Waals surface area contributed by atoms with Gasteiger partial charge in [-0.15, -0.1) is 0 Å². The Hall–Kier alpha value is -2.84. The fraction of sp³-hybridized carbons (Fsp3) is 0.185. The summed E-state index contributed by atoms with van der Waals surface area (Å²) in [6.07, 6.45) is 4.60. The number of carbonyl (C=O) groups excluding carboxylic acids is 1. The van der Waals surface area contributed by atoms with E-state index in [9.17, 15) is 14.7 Å². The highest BCUT2D eigenvalue weighted by molar-refractivity contribution is 14.1. The zero-order valence-electron chi connectivity index (χ0n) is 18.3. The molecule has 2 N–H and O–H groups in total. The van der Waals surface area contributed by atoms with Crippen LogP contribution in [0.3, 0.4) is 0 Å². The largest absolute Gasteiger partial charge is 0.477 e. The van der Waals surface area contributed by atoms with Gasteiger partial charge in [-0.05, 0) is 89.0 Å². The Morgan fingerprint density at radius 2 is 1.62 bits per heavy atom. The molecule has 0 saturated heterocycles. The first-order valence-electron chi connectivity index (χ1n) is 10.9. The highest BCUT2D eigenvalue weighted by Crippen LogP contribution is 2.42. The molecule has 0 heterocycles. The van der Waals surface area contributed by atoms with Gasteiger partial charge in [0.25, 0.3) is 0 Å². The molecule has 34 heavy (non-hydrogen) atoms. The summed E-state index contributed by atoms with van der Waals surface area (Å²) in [4.78, 5) is 25.3. The molecule has 0 spiro atoms. The molecule has 1 aliphatic carbocycles. The maximum atomic E-state index is 13.4. The number of hydrogen-bond donors (Lipinski definition) is 2. The molecule has 1 aliphatic rings. The molecule has 0 aromatic heterocycles. The third kappa shape index (κ3) is 5.45. The number of aliphatic carboxylic acids is 1. The lowest BCUT2D eigenvalue weighted by atomic mass is 9.78. The zero-order valence-corrected chi connectivity index (χ0v) is 21.2. The van der Waals surface area contributed by atoms with Gasteiger partial charge in [0.1, 0.15) is 17.2 Å². The van der Waals surface area contributed by atoms with Gasteiger partial charge in [0, 0.05) is 5.02 Å². The minimum atomic E-state index is -1.20. The van der Waals surface area contributed by atoms with Gasteiger partial charge >= 0.3 is 5.97 Å². The van der Waals surface area contributed by atoms with Crippen molar-refractivity contribution in [2.45, 2.75) is 31.1 Å². The maximum Gasteiger partial charge on any atom is 0.352 e. The van der Waals surface area contributed by atoms with Gasteiger partial charge < -0.3 is 15.2 Å². The second-order valence-corrected chi connectivity index (χ2v) is 9.81. The first kappa shape index (κ1) is 24.3. The third-order valence-corrected chi connectivity index (χ3v) is 7.17. The smallest absolute Gasteiger partial charge is 0.352 e. The van der Waals surface area contributed by atoms with E-state index in [-0.39, 0.29) is 11.6 Å². The number of hydrogen-bond acceptors (Lipinski definition) is 3. The number of benzene rings is 3. The van der Waals surface area contributed by atoms with Gasteiger partial charge in [-0.3, -0.25) is 4.79 Å². The Balaban J connectivity index is 1.54. The van der Waals surface area contributed by atoms with Crippen molar-refractivity contribution in [2.24, 2.45) is 0 Å². The van der Waals surface area contributed by atoms with Crippen LogP contribution in [0.25, 0.3) is 6.08 Å². The number of carbonyl (C=O) groups is 2. The van der Waals surface area contributed by atoms with Gasteiger partial charge in [-0.2, -0.15) is 0 Å². The van der Waals surface area contributed by atoms with Crippen LogP contribution in [0.1, 0.15) is 36.8 Å². The second kappa shape index (κ2) is 10.6. The highest BCUT2D eigenvalue weighted by atomic mass is 127. The molecule has 5 nitrogen and oxygen atoms in total. The van der Waals surface area contributed by atoms with Crippen molar-refractivity contribution in [1.82, 2.24) is 5.32 Å². The average molecular weight is 588 g/mol. The number of halogens is 2. The van der Waals surface area contributed by atoms with E-state index in [1.165, 1.54) is 6.08 Å². The predicted molar refractivity (Wildman–Crippen MR) is 141 cm³/mol. The summed E-state index contributed by atoms with van der Waals surface area (Å²) in [5, 5.41) is 13.0. The molecule has 1 fully saturated rings. The first-order chi connectivity index (χ1) is 16.4. The van der Waals surface area contributed by atoms with Crippen molar-refractivity contribution in [2.75, 3.05) is 0 Å². The lowest BCUT2D eigenvalue weighted by molar-refractivity contribution is -0.135. The second-order valence-electron chi connectivity index (χ2n) is 8.21. The summed E-state index contributed by atoms with van der Waals surface area (Å²) in [7, 11) is 0. The van der Waals surface area contributed by atoms with Gasteiger partial charge in [-0.25, -0.2) is 4.79 Å². The van der Waals surface area contributed by atoms with Crippen LogP contribution in [0.2, 0.25) is 5.02 Å². The number of carboxylic acid groups (broad SMARTS) is 1. The number of ether oxygens (including phenoxy) is 1. The van der Waals surface area contributed by atoms with Crippen molar-refractivity contribution in [1.29, 1.82) is 0 Å². The van der Waals surface area contributed by atoms with Gasteiger partial charge in [-0.1, -0.05) is 60.8 Å². The molecule has 174 valence electrons. The van der Waals surface area contributed by atoms with Crippen molar-refractivity contribution < 1.29 is 19.4 Å². The summed E-state index contributed by atoms with van der Waals surface area (Å²) in [5.74, 6) is -0.125. The van der Waals surface area contributed by atoms with Crippen molar-refractivity contribution in [3.63, 3.8) is 0 Å². The third-order valence-electron chi connectivity index (χ3n) is 6.02. The molecule has 1 amide bonds. The van der Waals surface area contributed by atoms with Crippen LogP contribution in [0.5, 0.6) is 11.5 Å². The fourth-order valence-corrected chi connectivity index (χ4v) is 4.86. The van der Waals surface area contributed by atoms with E-state index >= 15 is 0 Å². The number of carboxylic acids is 1. The lowest BCUT2D eigenvalue weighted by Crippen LogP contribution is -2.43. The summed E-state index contributed by atoms with van der Waals surface area (Å²) < 4.78 is 6.88. The van der Waals surface area contributed by atoms with Crippen LogP contribution in [-0.2, 0) is 15.0 Å². The normalized spacial score (nSPS) is 15.1. The number of nitrogens with one attached hydrogen (secondary N) is 1. The zero-order chi connectivity index (χ0) is 24.1. The van der Waals surface area contributed by atoms with E-state index in [1.807, 2.05) is 36.4 Å². The average Bonchev–Trinajstić information content (AvgIpc) is 3.33. The van der Waals surface area contributed by atoms with E-state index < -0.39 is 11.4 Å². The minimum absolute atomic E-state index is 0.170. The maximum absolute atomic E-state index is 13.4. The van der Waals surface area contributed by atoms with Crippen LogP contribution in [0.15, 0.2) is 78.5 Å². The molecule has 3 aromatic rings. The lowest BCUT2D eigenvalue weighted by Gasteiger charge is -2.28. The summed E-state index contributed by atoms with van der Waals surface area (Å²) in [6.45, 7) is 0. The SMILES string of the molecule is O=C(O)C(=Cc1ccc(Oc2ccccc2I)cc1)NC(=O)C1(c2ccc(Cl)cc2)CCCC1. The standard InChI is InChI=1S/C27H23ClINO4/c28-20-11-9-19(10-12-20)27(15-3-4-16-27)26(33)30-23(25(31)32)17-18-7-13-21(14-8-18)34-24-6-2-1-5-22(24)29/h1-2,5-14,17H,3-4,15-16H2,(H,30,33)(H,31,32). The molecular formula is C27H23ClINO4. The molecule has 0 bridgehead atoms. The monoisotopic (exact) mass is 587 g/mol. The molecule has 0 unspecified atom stereocenters. The van der Waals surface area contributed by atoms with Crippen LogP contribution in [-0.4, -0.2) is 17.0 Å². The van der Waals surface area contributed by atoms with Crippen molar-refractivity contribution in [3.05, 3.63) is 98.2 Å². The summed E-state index contributed by atoms with van der Waals surface area (Å²) in [6, 6.07) is 21.9. The van der Waals surface area contributed by atoms with Gasteiger partial charge in [0.2, 0.25) is 5.91 Å². The predicted octanol–water partition coefficient (Wildman–Crippen LogP) is 6.79. The Bertz CT molecular complexity index is 1220. The Kier molecular flexibility index (Phi) is 7.58. The number of rotatable bonds is 7. The van der Waals surface area contributed by atoms with E-state index in [0.717, 1.165) is 27.7 Å². The Morgan fingerprint density at radius 3 is 2.24 bits per heavy atom. The summed E-state index contributed by atoms with van der Waals surface area (Å²) in [5.41, 5.74) is 0.564. The highest BCUT2D eigenvalue weighted by Gasteiger charge is 2.43. The molecule has 7 heteroatoms. The van der Waals surface area contributed by atoms with E-state index in [0.29, 0.717) is 29.2 Å². The fourth-order valence-electron chi connectivity index (χ4n) is 4.24. The van der Waals surface area contributed by atoms with E-state index in [1.54, 1.807) is 36.4 Å². The topological polar surface area (TPSA) is 75.6 Å². The van der Waals surface area contributed by atoms with Gasteiger partial charge in [0.15, 0.2) is 0 Å². The molecule has 0 aliphatic heterocycles. The number of para-hydroxylation sites is 1. The van der Waals surface area contributed by atoms with Gasteiger partial charge in [0.05, 0.1) is 8.99 Å². The van der Waals surface area contributed by atoms with Crippen LogP contribution in [0, 0.1) is 3.57 Å². The molecule has 3 aromatic carbocycles. The molecule has 1 saturated carbocycles. The summed E-state index contributed by atoms with van der Waals surface area (Å²) >= 11 is 8.23. The quantitative estimate of drug-likeness (QED) is 0.236. The van der Waals surface area contributed by atoms with Crippen molar-refractivity contribution >= 4 is 52.1 Å². The first-order valence-corrected chi connectivity index (χ1v) is 12.4. The van der Waals surface area contributed by atoms with Crippen LogP contribution in [0.4, 0.5) is 0 Å². The molecule has 4 rings (SSSR count). The molecule has 0 radical (unpaired) electrons. The van der Waals surface area contributed by atoms with E-state index in [2.05, 4.69) is 27.9 Å². The molecule has 0 atom stereocenters. The Morgan fingerprint density at radius 1 is 0.971 bits per heavy atom. The minimum Gasteiger partial charge on any atom is -0.477 e. The number of amides is 1. The molecular weight excluding hydrogens is 565 g/mol. The Labute approximate surface area is 216 Å². The van der Waals surface area contributed by atoms with E-state index in [4.69, 9.17) is 16.3 Å². The van der Waals surface area contributed by atoms with Crippen LogP contribution >= 0.6 is 34.2 Å². The van der Waals surface area contributed by atoms with Crippen LogP contribution < -0.4 is 10.1 Å². The van der Waals surface area contributed by atoms with Crippen molar-refractivity contribution in [3.8, 4) is 11.5 Å².